The van der Waals surface area contributed by atoms with Crippen LogP contribution in [0.3, 0.4) is 0 Å². The molecule has 0 spiro atoms. The van der Waals surface area contributed by atoms with Gasteiger partial charge in [-0.2, -0.15) is 8.78 Å². The van der Waals surface area contributed by atoms with Crippen LogP contribution in [-0.2, 0) is 11.3 Å². The molecule has 0 aliphatic carbocycles. The summed E-state index contributed by atoms with van der Waals surface area (Å²) < 4.78 is 55.2. The summed E-state index contributed by atoms with van der Waals surface area (Å²) in [5.41, 5.74) is 0.112. The zero-order chi connectivity index (χ0) is 17.2. The van der Waals surface area contributed by atoms with Gasteiger partial charge in [-0.05, 0) is 12.1 Å². The van der Waals surface area contributed by atoms with Crippen molar-refractivity contribution in [2.75, 3.05) is 6.54 Å². The van der Waals surface area contributed by atoms with Gasteiger partial charge in [0.2, 0.25) is 5.91 Å². The maximum atomic E-state index is 13.1. The molecule has 0 aromatic heterocycles. The predicted molar refractivity (Wildman–Crippen MR) is 76.3 cm³/mol. The van der Waals surface area contributed by atoms with Gasteiger partial charge in [-0.15, -0.1) is 0 Å². The molecule has 1 aromatic rings. The van der Waals surface area contributed by atoms with Gasteiger partial charge >= 0.3 is 6.61 Å². The first kappa shape index (κ1) is 18.1. The summed E-state index contributed by atoms with van der Waals surface area (Å²) in [5.74, 6) is -3.96. The smallest absolute Gasteiger partial charge is 0.387 e. The van der Waals surface area contributed by atoms with Gasteiger partial charge in [0.1, 0.15) is 5.75 Å². The van der Waals surface area contributed by atoms with Crippen LogP contribution < -0.4 is 15.4 Å². The molecule has 1 aromatic carbocycles. The normalized spacial score (nSPS) is 19.9. The van der Waals surface area contributed by atoms with Crippen molar-refractivity contribution in [2.45, 2.75) is 31.5 Å². The van der Waals surface area contributed by atoms with E-state index < -0.39 is 37.4 Å². The van der Waals surface area contributed by atoms with E-state index in [1.54, 1.807) is 0 Å². The molecule has 0 radical (unpaired) electrons. The average molecular weight is 375 g/mol. The van der Waals surface area contributed by atoms with Crippen LogP contribution >= 0.6 is 23.2 Å². The van der Waals surface area contributed by atoms with Gasteiger partial charge < -0.3 is 10.1 Å². The second-order valence-electron chi connectivity index (χ2n) is 4.97. The lowest BCUT2D eigenvalue weighted by atomic mass is 10.1. The van der Waals surface area contributed by atoms with Crippen LogP contribution in [0.4, 0.5) is 17.6 Å². The van der Waals surface area contributed by atoms with Gasteiger partial charge in [0, 0.05) is 23.6 Å². The number of halogens is 6. The predicted octanol–water partition coefficient (Wildman–Crippen LogP) is 3.21. The maximum absolute atomic E-state index is 13.1. The van der Waals surface area contributed by atoms with Crippen LogP contribution in [-0.4, -0.2) is 31.0 Å². The van der Waals surface area contributed by atoms with Crippen molar-refractivity contribution < 1.29 is 27.1 Å². The Morgan fingerprint density at radius 2 is 2.13 bits per heavy atom. The second kappa shape index (κ2) is 7.11. The van der Waals surface area contributed by atoms with Crippen molar-refractivity contribution in [3.63, 3.8) is 0 Å². The monoisotopic (exact) mass is 374 g/mol. The summed E-state index contributed by atoms with van der Waals surface area (Å²) in [7, 11) is 0. The Morgan fingerprint density at radius 3 is 2.70 bits per heavy atom. The number of hydrogen-bond acceptors (Lipinski definition) is 3. The van der Waals surface area contributed by atoms with Crippen molar-refractivity contribution in [3.05, 3.63) is 27.7 Å². The largest absolute Gasteiger partial charge is 0.433 e. The van der Waals surface area contributed by atoms with Gasteiger partial charge in [0.25, 0.3) is 5.92 Å². The number of hydrogen-bond donors (Lipinski definition) is 2. The number of amides is 1. The number of carbonyl (C=O) groups excluding carboxylic acids is 1. The van der Waals surface area contributed by atoms with Crippen molar-refractivity contribution in [1.29, 1.82) is 0 Å². The fourth-order valence-electron chi connectivity index (χ4n) is 2.17. The highest BCUT2D eigenvalue weighted by Gasteiger charge is 2.42. The maximum Gasteiger partial charge on any atom is 0.387 e. The number of ether oxygens (including phenoxy) is 1. The Balaban J connectivity index is 2.06. The second-order valence-corrected chi connectivity index (χ2v) is 5.81. The molecule has 23 heavy (non-hydrogen) atoms. The third-order valence-electron chi connectivity index (χ3n) is 3.17. The van der Waals surface area contributed by atoms with E-state index in [2.05, 4.69) is 15.4 Å². The van der Waals surface area contributed by atoms with Crippen molar-refractivity contribution in [2.24, 2.45) is 0 Å². The van der Waals surface area contributed by atoms with Crippen LogP contribution in [0.5, 0.6) is 5.75 Å². The summed E-state index contributed by atoms with van der Waals surface area (Å²) in [6.45, 7) is -3.95. The number of nitrogens with one attached hydrogen (secondary N) is 2. The third-order valence-corrected chi connectivity index (χ3v) is 3.67. The molecule has 1 fully saturated rings. The minimum atomic E-state index is -3.11. The van der Waals surface area contributed by atoms with Crippen LogP contribution in [0, 0.1) is 0 Å². The van der Waals surface area contributed by atoms with Crippen molar-refractivity contribution >= 4 is 29.1 Å². The third kappa shape index (κ3) is 4.86. The van der Waals surface area contributed by atoms with Crippen molar-refractivity contribution in [1.82, 2.24) is 10.6 Å². The summed E-state index contributed by atoms with van der Waals surface area (Å²) >= 11 is 11.6. The molecule has 1 amide bonds. The molecule has 0 bridgehead atoms. The molecule has 1 atom stereocenters. The van der Waals surface area contributed by atoms with Crippen LogP contribution in [0.25, 0.3) is 0 Å². The zero-order valence-electron chi connectivity index (χ0n) is 11.5. The lowest BCUT2D eigenvalue weighted by Gasteiger charge is -2.15. The molecule has 1 unspecified atom stereocenters. The Hall–Kier alpha value is -1.25. The fraction of sp³-hybridized carbons (Fsp3) is 0.462. The van der Waals surface area contributed by atoms with E-state index in [1.165, 1.54) is 12.1 Å². The summed E-state index contributed by atoms with van der Waals surface area (Å²) in [6.07, 6.45) is -0.629. The zero-order valence-corrected chi connectivity index (χ0v) is 13.0. The number of rotatable bonds is 5. The molecule has 0 saturated carbocycles. The molecule has 1 heterocycles. The molecule has 4 nitrogen and oxygen atoms in total. The average Bonchev–Trinajstić information content (AvgIpc) is 2.79. The van der Waals surface area contributed by atoms with E-state index in [0.717, 1.165) is 0 Å². The van der Waals surface area contributed by atoms with Crippen molar-refractivity contribution in [3.8, 4) is 5.75 Å². The van der Waals surface area contributed by atoms with Crippen LogP contribution in [0.2, 0.25) is 10.0 Å². The van der Waals surface area contributed by atoms with Gasteiger partial charge in [0.15, 0.2) is 0 Å². The van der Waals surface area contributed by atoms with E-state index in [0.29, 0.717) is 0 Å². The van der Waals surface area contributed by atoms with Crippen LogP contribution in [0.15, 0.2) is 12.1 Å². The first-order valence-electron chi connectivity index (χ1n) is 6.49. The number of benzene rings is 1. The lowest BCUT2D eigenvalue weighted by Crippen LogP contribution is -2.40. The topological polar surface area (TPSA) is 50.4 Å². The lowest BCUT2D eigenvalue weighted by molar-refractivity contribution is -0.123. The number of carbonyl (C=O) groups is 1. The Morgan fingerprint density at radius 1 is 1.43 bits per heavy atom. The minimum absolute atomic E-state index is 0.112. The van der Waals surface area contributed by atoms with E-state index in [1.807, 2.05) is 0 Å². The summed E-state index contributed by atoms with van der Waals surface area (Å²) in [4.78, 5) is 11.8. The molecule has 1 aliphatic rings. The quantitative estimate of drug-likeness (QED) is 0.778. The summed E-state index contributed by atoms with van der Waals surface area (Å²) in [6, 6.07) is 1.45. The first-order valence-corrected chi connectivity index (χ1v) is 7.25. The van der Waals surface area contributed by atoms with E-state index in [4.69, 9.17) is 23.2 Å². The summed E-state index contributed by atoms with van der Waals surface area (Å²) in [5, 5.41) is 4.77. The van der Waals surface area contributed by atoms with Gasteiger partial charge in [-0.1, -0.05) is 23.2 Å². The van der Waals surface area contributed by atoms with E-state index in [9.17, 15) is 22.4 Å². The minimum Gasteiger partial charge on any atom is -0.433 e. The van der Waals surface area contributed by atoms with Gasteiger partial charge in [0.05, 0.1) is 17.6 Å². The molecular formula is C13H12Cl2F4N2O2. The highest BCUT2D eigenvalue weighted by molar-refractivity contribution is 6.35. The van der Waals surface area contributed by atoms with Gasteiger partial charge in [-0.25, -0.2) is 8.78 Å². The fourth-order valence-corrected chi connectivity index (χ4v) is 2.75. The molecule has 2 rings (SSSR count). The molecule has 10 heteroatoms. The van der Waals surface area contributed by atoms with E-state index in [-0.39, 0.29) is 27.9 Å². The van der Waals surface area contributed by atoms with E-state index >= 15 is 0 Å². The SMILES string of the molecule is O=C(NCc1cc(Cl)cc(Cl)c1OC(F)F)C1CC(F)(F)CN1. The van der Waals surface area contributed by atoms with Crippen LogP contribution in [0.1, 0.15) is 12.0 Å². The molecular weight excluding hydrogens is 363 g/mol. The standard InChI is InChI=1S/C13H12Cl2F4N2O2/c14-7-1-6(10(8(15)2-7)23-12(16)17)4-20-11(22)9-3-13(18,19)5-21-9/h1-2,9,12,21H,3-5H2,(H,20,22). The van der Waals surface area contributed by atoms with Gasteiger partial charge in [-0.3, -0.25) is 10.1 Å². The highest BCUT2D eigenvalue weighted by Crippen LogP contribution is 2.33. The highest BCUT2D eigenvalue weighted by atomic mass is 35.5. The Labute approximate surface area is 139 Å². The molecule has 128 valence electrons. The molecule has 1 aliphatic heterocycles. The Kier molecular flexibility index (Phi) is 5.59. The first-order chi connectivity index (χ1) is 10.7. The molecule has 2 N–H and O–H groups in total. The number of alkyl halides is 4. The Bertz CT molecular complexity index is 602. The molecule has 1 saturated heterocycles.